The number of amidine groups is 1. The van der Waals surface area contributed by atoms with Crippen molar-refractivity contribution in [3.8, 4) is 0 Å². The first-order valence-electron chi connectivity index (χ1n) is 11.3. The van der Waals surface area contributed by atoms with Crippen LogP contribution in [0.2, 0.25) is 0 Å². The number of allylic oxidation sites excluding steroid dienone is 4. The monoisotopic (exact) mass is 369 g/mol. The van der Waals surface area contributed by atoms with Crippen LogP contribution in [0.1, 0.15) is 66.2 Å². The summed E-state index contributed by atoms with van der Waals surface area (Å²) in [6, 6.07) is 0. The van der Waals surface area contributed by atoms with Gasteiger partial charge in [0.25, 0.3) is 0 Å². The molecule has 4 unspecified atom stereocenters. The van der Waals surface area contributed by atoms with E-state index in [9.17, 15) is 0 Å². The smallest absolute Gasteiger partial charge is 0.105 e. The highest BCUT2D eigenvalue weighted by Crippen LogP contribution is 2.62. The number of fused-ring (bicyclic) bond motifs is 3. The first kappa shape index (κ1) is 19.2. The van der Waals surface area contributed by atoms with E-state index in [1.165, 1.54) is 44.4 Å². The molecule has 4 aliphatic rings. The molecule has 0 amide bonds. The van der Waals surface area contributed by atoms with Crippen molar-refractivity contribution in [1.82, 2.24) is 4.90 Å². The van der Waals surface area contributed by atoms with Crippen molar-refractivity contribution in [2.75, 3.05) is 26.2 Å². The first-order valence-corrected chi connectivity index (χ1v) is 11.3. The Bertz CT molecular complexity index is 673. The molecule has 2 N–H and O–H groups in total. The van der Waals surface area contributed by atoms with Crippen LogP contribution in [0.3, 0.4) is 0 Å². The predicted octanol–water partition coefficient (Wildman–Crippen LogP) is 4.79. The van der Waals surface area contributed by atoms with E-state index >= 15 is 0 Å². The summed E-state index contributed by atoms with van der Waals surface area (Å²) in [6.45, 7) is 13.6. The van der Waals surface area contributed by atoms with Gasteiger partial charge in [0, 0.05) is 25.0 Å². The van der Waals surface area contributed by atoms with Crippen LogP contribution in [0, 0.1) is 28.6 Å². The number of nitrogens with two attached hydrogens (primary N) is 1. The fraction of sp³-hybridized carbons (Fsp3) is 0.792. The van der Waals surface area contributed by atoms with Crippen molar-refractivity contribution in [1.29, 1.82) is 0 Å². The summed E-state index contributed by atoms with van der Waals surface area (Å²) in [5.74, 6) is 3.52. The van der Waals surface area contributed by atoms with Gasteiger partial charge >= 0.3 is 0 Å². The molecule has 0 spiro atoms. The number of aliphatic imine (C=N–C) groups is 1. The molecule has 3 nitrogen and oxygen atoms in total. The van der Waals surface area contributed by atoms with E-state index in [4.69, 9.17) is 10.7 Å². The van der Waals surface area contributed by atoms with Crippen LogP contribution in [-0.2, 0) is 0 Å². The molecule has 0 aromatic heterocycles. The molecule has 0 radical (unpaired) electrons. The number of hydrogen-bond donors (Lipinski definition) is 1. The van der Waals surface area contributed by atoms with Crippen molar-refractivity contribution in [3.63, 3.8) is 0 Å². The summed E-state index contributed by atoms with van der Waals surface area (Å²) in [4.78, 5) is 7.55. The second kappa shape index (κ2) is 7.06. The van der Waals surface area contributed by atoms with Gasteiger partial charge < -0.3 is 10.6 Å². The third-order valence-corrected chi connectivity index (χ3v) is 8.42. The average molecular weight is 370 g/mol. The van der Waals surface area contributed by atoms with Crippen molar-refractivity contribution in [2.45, 2.75) is 66.2 Å². The summed E-state index contributed by atoms with van der Waals surface area (Å²) in [6.07, 6.45) is 13.0. The van der Waals surface area contributed by atoms with Gasteiger partial charge in [0.05, 0.1) is 6.54 Å². The Labute approximate surface area is 166 Å². The van der Waals surface area contributed by atoms with Gasteiger partial charge in [-0.3, -0.25) is 4.99 Å². The molecule has 0 aromatic rings. The van der Waals surface area contributed by atoms with Crippen LogP contribution in [0.25, 0.3) is 0 Å². The van der Waals surface area contributed by atoms with Crippen LogP contribution in [0.5, 0.6) is 0 Å². The van der Waals surface area contributed by atoms with E-state index in [0.29, 0.717) is 17.3 Å². The lowest BCUT2D eigenvalue weighted by Crippen LogP contribution is -2.56. The van der Waals surface area contributed by atoms with E-state index in [1.54, 1.807) is 11.1 Å². The molecule has 1 saturated carbocycles. The Kier molecular flexibility index (Phi) is 5.03. The standard InChI is InChI=1S/C24H39N3/c1-17(2)18-6-8-20-19(16-18)7-9-21-23(20,3)10-5-11-24(21,4)22-26-13-15-27(22)14-12-25/h7,16-17,20-21H,5-6,8-15,25H2,1-4H3. The molecule has 4 atom stereocenters. The molecule has 3 heteroatoms. The topological polar surface area (TPSA) is 41.6 Å². The highest BCUT2D eigenvalue weighted by Gasteiger charge is 2.57. The Hall–Kier alpha value is -1.09. The predicted molar refractivity (Wildman–Crippen MR) is 115 cm³/mol. The summed E-state index contributed by atoms with van der Waals surface area (Å²) < 4.78 is 0. The first-order chi connectivity index (χ1) is 12.9. The molecule has 0 saturated heterocycles. The molecular formula is C24H39N3. The van der Waals surface area contributed by atoms with Crippen molar-refractivity contribution in [3.05, 3.63) is 23.3 Å². The minimum atomic E-state index is 0.211. The molecule has 0 aromatic carbocycles. The lowest BCUT2D eigenvalue weighted by atomic mass is 9.46. The SMILES string of the molecule is CC(C)C1=CC2=CCC3C(C)(C4=NCCN4CCN)CCCC3(C)C2CC1. The molecule has 1 fully saturated rings. The average Bonchev–Trinajstić information content (AvgIpc) is 3.10. The van der Waals surface area contributed by atoms with Gasteiger partial charge in [-0.15, -0.1) is 0 Å². The minimum absolute atomic E-state index is 0.211. The van der Waals surface area contributed by atoms with E-state index in [1.807, 2.05) is 0 Å². The maximum absolute atomic E-state index is 5.91. The van der Waals surface area contributed by atoms with Gasteiger partial charge in [-0.05, 0) is 60.8 Å². The van der Waals surface area contributed by atoms with Crippen LogP contribution in [0.4, 0.5) is 0 Å². The Morgan fingerprint density at radius 1 is 1.30 bits per heavy atom. The minimum Gasteiger partial charge on any atom is -0.357 e. The summed E-state index contributed by atoms with van der Waals surface area (Å²) in [5, 5.41) is 0. The van der Waals surface area contributed by atoms with Crippen molar-refractivity contribution < 1.29 is 0 Å². The number of hydrogen-bond acceptors (Lipinski definition) is 3. The van der Waals surface area contributed by atoms with Crippen molar-refractivity contribution >= 4 is 5.84 Å². The van der Waals surface area contributed by atoms with Crippen LogP contribution in [-0.4, -0.2) is 36.9 Å². The number of nitrogens with zero attached hydrogens (tertiary/aromatic N) is 2. The van der Waals surface area contributed by atoms with E-state index in [0.717, 1.165) is 32.1 Å². The Morgan fingerprint density at radius 2 is 2.11 bits per heavy atom. The number of rotatable bonds is 4. The lowest BCUT2D eigenvalue weighted by molar-refractivity contribution is -0.0189. The van der Waals surface area contributed by atoms with Gasteiger partial charge in [0.15, 0.2) is 0 Å². The third-order valence-electron chi connectivity index (χ3n) is 8.42. The van der Waals surface area contributed by atoms with Crippen molar-refractivity contribution in [2.24, 2.45) is 39.3 Å². The summed E-state index contributed by atoms with van der Waals surface area (Å²) in [5.41, 5.74) is 9.85. The molecular weight excluding hydrogens is 330 g/mol. The van der Waals surface area contributed by atoms with E-state index < -0.39 is 0 Å². The molecule has 4 rings (SSSR count). The van der Waals surface area contributed by atoms with Gasteiger partial charge in [0.1, 0.15) is 5.84 Å². The quantitative estimate of drug-likeness (QED) is 0.774. The van der Waals surface area contributed by atoms with Crippen LogP contribution in [0.15, 0.2) is 28.3 Å². The summed E-state index contributed by atoms with van der Waals surface area (Å²) >= 11 is 0. The van der Waals surface area contributed by atoms with E-state index in [-0.39, 0.29) is 5.41 Å². The second-order valence-electron chi connectivity index (χ2n) is 10.2. The van der Waals surface area contributed by atoms with Gasteiger partial charge in [0.2, 0.25) is 0 Å². The highest BCUT2D eigenvalue weighted by molar-refractivity contribution is 5.90. The van der Waals surface area contributed by atoms with Gasteiger partial charge in [-0.2, -0.15) is 0 Å². The van der Waals surface area contributed by atoms with Gasteiger partial charge in [-0.1, -0.05) is 51.8 Å². The lowest BCUT2D eigenvalue weighted by Gasteiger charge is -2.59. The fourth-order valence-electron chi connectivity index (χ4n) is 7.01. The molecule has 150 valence electrons. The maximum atomic E-state index is 5.91. The molecule has 3 aliphatic carbocycles. The Balaban J connectivity index is 1.69. The fourth-order valence-corrected chi connectivity index (χ4v) is 7.01. The van der Waals surface area contributed by atoms with Gasteiger partial charge in [-0.25, -0.2) is 0 Å². The van der Waals surface area contributed by atoms with E-state index in [2.05, 4.69) is 44.7 Å². The maximum Gasteiger partial charge on any atom is 0.105 e. The Morgan fingerprint density at radius 3 is 2.85 bits per heavy atom. The van der Waals surface area contributed by atoms with Crippen LogP contribution >= 0.6 is 0 Å². The zero-order valence-corrected chi connectivity index (χ0v) is 17.9. The molecule has 1 heterocycles. The molecule has 1 aliphatic heterocycles. The third kappa shape index (κ3) is 3.01. The molecule has 27 heavy (non-hydrogen) atoms. The highest BCUT2D eigenvalue weighted by atomic mass is 15.3. The zero-order valence-electron chi connectivity index (χ0n) is 17.9. The summed E-state index contributed by atoms with van der Waals surface area (Å²) in [7, 11) is 0. The largest absolute Gasteiger partial charge is 0.357 e. The normalized spacial score (nSPS) is 38.9. The zero-order chi connectivity index (χ0) is 19.2. The molecule has 0 bridgehead atoms. The second-order valence-corrected chi connectivity index (χ2v) is 10.2. The van der Waals surface area contributed by atoms with Crippen LogP contribution < -0.4 is 5.73 Å².